The number of nitrogens with zero attached hydrogens (tertiary/aromatic N) is 2. The van der Waals surface area contributed by atoms with E-state index in [2.05, 4.69) is 6.07 Å². The maximum Gasteiger partial charge on any atom is 0.247 e. The van der Waals surface area contributed by atoms with Crippen LogP contribution in [0.25, 0.3) is 0 Å². The summed E-state index contributed by atoms with van der Waals surface area (Å²) < 4.78 is 5.02. The lowest BCUT2D eigenvalue weighted by Crippen LogP contribution is -2.54. The number of carbonyl (C=O) groups excluding carboxylic acids is 1. The van der Waals surface area contributed by atoms with Crippen LogP contribution in [0, 0.1) is 22.7 Å². The predicted octanol–water partition coefficient (Wildman–Crippen LogP) is 1.57. The van der Waals surface area contributed by atoms with E-state index in [1.54, 1.807) is 4.90 Å². The third-order valence-electron chi connectivity index (χ3n) is 3.92. The molecule has 2 rings (SSSR count). The third-order valence-corrected chi connectivity index (χ3v) is 3.92. The maximum atomic E-state index is 12.2. The molecule has 0 unspecified atom stereocenters. The van der Waals surface area contributed by atoms with Gasteiger partial charge in [-0.15, -0.1) is 0 Å². The van der Waals surface area contributed by atoms with Gasteiger partial charge in [0.25, 0.3) is 0 Å². The Morgan fingerprint density at radius 1 is 1.41 bits per heavy atom. The average Bonchev–Trinajstić information content (AvgIpc) is 2.29. The Morgan fingerprint density at radius 2 is 2.06 bits per heavy atom. The number of ether oxygens (including phenoxy) is 1. The molecule has 1 aliphatic carbocycles. The summed E-state index contributed by atoms with van der Waals surface area (Å²) >= 11 is 0. The number of amides is 1. The fourth-order valence-electron chi connectivity index (χ4n) is 2.75. The topological polar surface area (TPSA) is 53.3 Å². The van der Waals surface area contributed by atoms with Crippen molar-refractivity contribution >= 4 is 5.91 Å². The summed E-state index contributed by atoms with van der Waals surface area (Å²) in [6, 6.07) is 2.12. The molecule has 2 fully saturated rings. The van der Waals surface area contributed by atoms with E-state index in [0.717, 1.165) is 6.54 Å². The standard InChI is InChI=1S/C13H20N2O2/c1-15(7-11-5-3-2-4-6-11)12(16)13(8-14)9-17-10-13/h11H,2-7,9-10H2,1H3. The van der Waals surface area contributed by atoms with Crippen molar-refractivity contribution in [2.45, 2.75) is 32.1 Å². The number of nitriles is 1. The van der Waals surface area contributed by atoms with Gasteiger partial charge in [0.15, 0.2) is 5.41 Å². The van der Waals surface area contributed by atoms with E-state index in [1.807, 2.05) is 7.05 Å². The summed E-state index contributed by atoms with van der Waals surface area (Å²) in [4.78, 5) is 13.9. The monoisotopic (exact) mass is 236 g/mol. The van der Waals surface area contributed by atoms with Crippen LogP contribution in [0.4, 0.5) is 0 Å². The third kappa shape index (κ3) is 2.44. The van der Waals surface area contributed by atoms with Crippen LogP contribution in [0.3, 0.4) is 0 Å². The molecule has 0 bridgehead atoms. The van der Waals surface area contributed by atoms with E-state index in [4.69, 9.17) is 10.00 Å². The first-order chi connectivity index (χ1) is 8.18. The summed E-state index contributed by atoms with van der Waals surface area (Å²) in [6.45, 7) is 1.32. The van der Waals surface area contributed by atoms with Gasteiger partial charge in [0, 0.05) is 13.6 Å². The number of carbonyl (C=O) groups is 1. The van der Waals surface area contributed by atoms with Crippen molar-refractivity contribution < 1.29 is 9.53 Å². The number of hydrogen-bond donors (Lipinski definition) is 0. The Morgan fingerprint density at radius 3 is 2.53 bits per heavy atom. The van der Waals surface area contributed by atoms with Crippen LogP contribution in [0.1, 0.15) is 32.1 Å². The first kappa shape index (κ1) is 12.4. The zero-order valence-corrected chi connectivity index (χ0v) is 10.4. The van der Waals surface area contributed by atoms with Crippen LogP contribution in [0.5, 0.6) is 0 Å². The molecule has 1 heterocycles. The lowest BCUT2D eigenvalue weighted by atomic mass is 9.85. The molecule has 1 saturated heterocycles. The number of rotatable bonds is 3. The zero-order chi connectivity index (χ0) is 12.3. The minimum Gasteiger partial charge on any atom is -0.377 e. The Balaban J connectivity index is 1.88. The van der Waals surface area contributed by atoms with Crippen LogP contribution in [-0.2, 0) is 9.53 Å². The molecule has 94 valence electrons. The Kier molecular flexibility index (Phi) is 3.68. The summed E-state index contributed by atoms with van der Waals surface area (Å²) in [5.74, 6) is 0.561. The van der Waals surface area contributed by atoms with Crippen molar-refractivity contribution in [1.82, 2.24) is 4.90 Å². The molecule has 0 aromatic rings. The molecule has 4 nitrogen and oxygen atoms in total. The van der Waals surface area contributed by atoms with Gasteiger partial charge in [0.1, 0.15) is 0 Å². The van der Waals surface area contributed by atoms with Crippen molar-refractivity contribution in [2.24, 2.45) is 11.3 Å². The van der Waals surface area contributed by atoms with E-state index in [-0.39, 0.29) is 19.1 Å². The van der Waals surface area contributed by atoms with Crippen molar-refractivity contribution in [3.63, 3.8) is 0 Å². The Labute approximate surface area is 103 Å². The fraction of sp³-hybridized carbons (Fsp3) is 0.846. The fourth-order valence-corrected chi connectivity index (χ4v) is 2.75. The van der Waals surface area contributed by atoms with Gasteiger partial charge in [-0.05, 0) is 18.8 Å². The smallest absolute Gasteiger partial charge is 0.247 e. The maximum absolute atomic E-state index is 12.2. The summed E-state index contributed by atoms with van der Waals surface area (Å²) in [5, 5.41) is 9.08. The highest BCUT2D eigenvalue weighted by Gasteiger charge is 2.48. The highest BCUT2D eigenvalue weighted by Crippen LogP contribution is 2.30. The first-order valence-electron chi connectivity index (χ1n) is 6.42. The van der Waals surface area contributed by atoms with E-state index >= 15 is 0 Å². The van der Waals surface area contributed by atoms with Gasteiger partial charge in [0.2, 0.25) is 5.91 Å². The molecule has 4 heteroatoms. The van der Waals surface area contributed by atoms with E-state index in [0.29, 0.717) is 5.92 Å². The Hall–Kier alpha value is -1.08. The van der Waals surface area contributed by atoms with Crippen molar-refractivity contribution in [3.05, 3.63) is 0 Å². The second-order valence-corrected chi connectivity index (χ2v) is 5.38. The molecular formula is C13H20N2O2. The SMILES string of the molecule is CN(CC1CCCCC1)C(=O)C1(C#N)COC1. The van der Waals surface area contributed by atoms with Gasteiger partial charge >= 0.3 is 0 Å². The van der Waals surface area contributed by atoms with Gasteiger partial charge in [-0.1, -0.05) is 19.3 Å². The molecule has 0 aromatic heterocycles. The van der Waals surface area contributed by atoms with E-state index < -0.39 is 5.41 Å². The molecule has 0 radical (unpaired) electrons. The van der Waals surface area contributed by atoms with Crippen molar-refractivity contribution in [1.29, 1.82) is 5.26 Å². The van der Waals surface area contributed by atoms with Gasteiger partial charge in [-0.3, -0.25) is 4.79 Å². The van der Waals surface area contributed by atoms with E-state index in [9.17, 15) is 4.79 Å². The van der Waals surface area contributed by atoms with Gasteiger partial charge < -0.3 is 9.64 Å². The van der Waals surface area contributed by atoms with Crippen LogP contribution >= 0.6 is 0 Å². The molecule has 0 atom stereocenters. The van der Waals surface area contributed by atoms with Crippen LogP contribution in [-0.4, -0.2) is 37.6 Å². The second kappa shape index (κ2) is 5.05. The summed E-state index contributed by atoms with van der Waals surface area (Å²) in [5.41, 5.74) is -0.885. The van der Waals surface area contributed by atoms with E-state index in [1.165, 1.54) is 32.1 Å². The minimum atomic E-state index is -0.885. The van der Waals surface area contributed by atoms with Gasteiger partial charge in [-0.25, -0.2) is 0 Å². The Bertz CT molecular complexity index is 325. The second-order valence-electron chi connectivity index (χ2n) is 5.38. The number of hydrogen-bond acceptors (Lipinski definition) is 3. The summed E-state index contributed by atoms with van der Waals surface area (Å²) in [7, 11) is 1.81. The molecule has 0 spiro atoms. The van der Waals surface area contributed by atoms with Crippen LogP contribution < -0.4 is 0 Å². The molecule has 1 saturated carbocycles. The van der Waals surface area contributed by atoms with Crippen LogP contribution in [0.2, 0.25) is 0 Å². The molecular weight excluding hydrogens is 216 g/mol. The molecule has 0 N–H and O–H groups in total. The average molecular weight is 236 g/mol. The lowest BCUT2D eigenvalue weighted by molar-refractivity contribution is -0.160. The normalized spacial score (nSPS) is 23.5. The summed E-state index contributed by atoms with van der Waals surface area (Å²) in [6.07, 6.45) is 6.31. The predicted molar refractivity (Wildman–Crippen MR) is 63.1 cm³/mol. The van der Waals surface area contributed by atoms with Crippen molar-refractivity contribution in [2.75, 3.05) is 26.8 Å². The zero-order valence-electron chi connectivity index (χ0n) is 10.4. The first-order valence-corrected chi connectivity index (χ1v) is 6.42. The minimum absolute atomic E-state index is 0.0585. The van der Waals surface area contributed by atoms with Crippen LogP contribution in [0.15, 0.2) is 0 Å². The highest BCUT2D eigenvalue weighted by atomic mass is 16.5. The molecule has 2 aliphatic rings. The lowest BCUT2D eigenvalue weighted by Gasteiger charge is -2.37. The molecule has 0 aromatic carbocycles. The highest BCUT2D eigenvalue weighted by molar-refractivity contribution is 5.86. The van der Waals surface area contributed by atoms with Crippen molar-refractivity contribution in [3.8, 4) is 6.07 Å². The largest absolute Gasteiger partial charge is 0.377 e. The van der Waals surface area contributed by atoms with Gasteiger partial charge in [0.05, 0.1) is 19.3 Å². The molecule has 1 amide bonds. The molecule has 1 aliphatic heterocycles. The molecule has 17 heavy (non-hydrogen) atoms. The quantitative estimate of drug-likeness (QED) is 0.747. The van der Waals surface area contributed by atoms with Gasteiger partial charge in [-0.2, -0.15) is 5.26 Å².